The van der Waals surface area contributed by atoms with Crippen molar-refractivity contribution in [1.29, 1.82) is 5.26 Å². The van der Waals surface area contributed by atoms with E-state index in [1.54, 1.807) is 18.3 Å². The van der Waals surface area contributed by atoms with E-state index in [2.05, 4.69) is 36.6 Å². The van der Waals surface area contributed by atoms with Gasteiger partial charge >= 0.3 is 6.09 Å². The number of rotatable bonds is 12. The van der Waals surface area contributed by atoms with Crippen LogP contribution >= 0.6 is 11.6 Å². The number of hydrogen-bond acceptors (Lipinski definition) is 7. The lowest BCUT2D eigenvalue weighted by Gasteiger charge is -2.19. The van der Waals surface area contributed by atoms with Crippen molar-refractivity contribution in [2.45, 2.75) is 25.4 Å². The summed E-state index contributed by atoms with van der Waals surface area (Å²) >= 11 is 5.95. The Hall–Kier alpha value is -4.54. The molecule has 0 radical (unpaired) electrons. The van der Waals surface area contributed by atoms with Gasteiger partial charge in [-0.3, -0.25) is 20.4 Å². The van der Waals surface area contributed by atoms with E-state index in [4.69, 9.17) is 21.6 Å². The van der Waals surface area contributed by atoms with Crippen molar-refractivity contribution in [2.75, 3.05) is 32.1 Å². The first-order valence-corrected chi connectivity index (χ1v) is 12.9. The molecule has 14 heteroatoms. The van der Waals surface area contributed by atoms with Gasteiger partial charge in [-0.05, 0) is 54.1 Å². The molecule has 1 aromatic heterocycles. The second-order valence-corrected chi connectivity index (χ2v) is 9.12. The third-order valence-corrected chi connectivity index (χ3v) is 6.17. The Bertz CT molecular complexity index is 1430. The van der Waals surface area contributed by atoms with Gasteiger partial charge in [-0.2, -0.15) is 5.26 Å². The van der Waals surface area contributed by atoms with E-state index in [-0.39, 0.29) is 36.4 Å². The molecule has 0 fully saturated rings. The van der Waals surface area contributed by atoms with Gasteiger partial charge in [0.05, 0.1) is 17.6 Å². The van der Waals surface area contributed by atoms with E-state index in [1.807, 2.05) is 0 Å². The zero-order chi connectivity index (χ0) is 29.6. The number of carbonyl (C=O) groups is 2. The number of amides is 2. The Kier molecular flexibility index (Phi) is 12.0. The first-order valence-electron chi connectivity index (χ1n) is 12.6. The van der Waals surface area contributed by atoms with Gasteiger partial charge < -0.3 is 20.7 Å². The van der Waals surface area contributed by atoms with E-state index in [9.17, 15) is 18.4 Å². The molecule has 0 saturated heterocycles. The molecule has 3 aromatic rings. The summed E-state index contributed by atoms with van der Waals surface area (Å²) in [5.74, 6) is -0.868. The van der Waals surface area contributed by atoms with Crippen molar-refractivity contribution in [1.82, 2.24) is 26.3 Å². The summed E-state index contributed by atoms with van der Waals surface area (Å²) in [7, 11) is 1.52. The van der Waals surface area contributed by atoms with Crippen LogP contribution in [0.15, 0.2) is 53.7 Å². The highest BCUT2D eigenvalue weighted by Gasteiger charge is 2.16. The van der Waals surface area contributed by atoms with Gasteiger partial charge in [-0.15, -0.1) is 0 Å². The Morgan fingerprint density at radius 3 is 2.80 bits per heavy atom. The zero-order valence-electron chi connectivity index (χ0n) is 22.1. The highest BCUT2D eigenvalue weighted by atomic mass is 35.5. The van der Waals surface area contributed by atoms with Crippen LogP contribution in [0.4, 0.5) is 19.4 Å². The number of guanidine groups is 1. The standard InChI is InChI=1S/C27H29ClF2N8O3/c1-32-26(36-16-31)34-9-3-5-21(37-24(39)14-33-12-18-4-2-6-22(30)25(18)28)15-41-27(40)38-23-11-19-10-20(29)8-7-17(19)13-35-23/h2,4,6-8,10-11,13,21,33H,3,5,9,12,14-15H2,1H3,(H,37,39)(H2,32,34,36)(H,35,38,40)/t21-/m0/s1. The number of benzene rings is 2. The van der Waals surface area contributed by atoms with Crippen LogP contribution in [-0.4, -0.2) is 55.7 Å². The second kappa shape index (κ2) is 15.9. The fourth-order valence-electron chi connectivity index (χ4n) is 3.76. The van der Waals surface area contributed by atoms with Crippen LogP contribution in [0.5, 0.6) is 0 Å². The molecule has 0 saturated carbocycles. The van der Waals surface area contributed by atoms with Gasteiger partial charge in [-0.25, -0.2) is 18.6 Å². The molecule has 11 nitrogen and oxygen atoms in total. The smallest absolute Gasteiger partial charge is 0.412 e. The molecule has 41 heavy (non-hydrogen) atoms. The van der Waals surface area contributed by atoms with Crippen molar-refractivity contribution in [3.8, 4) is 6.19 Å². The van der Waals surface area contributed by atoms with Crippen LogP contribution in [0.2, 0.25) is 5.02 Å². The molecule has 1 heterocycles. The van der Waals surface area contributed by atoms with Crippen LogP contribution in [0.1, 0.15) is 18.4 Å². The molecule has 216 valence electrons. The highest BCUT2D eigenvalue weighted by molar-refractivity contribution is 6.31. The minimum Gasteiger partial charge on any atom is -0.447 e. The van der Waals surface area contributed by atoms with Gasteiger partial charge in [0.1, 0.15) is 24.1 Å². The molecular formula is C27H29ClF2N8O3. The summed E-state index contributed by atoms with van der Waals surface area (Å²) in [6.45, 7) is 0.351. The number of aliphatic imine (C=N–C) groups is 1. The van der Waals surface area contributed by atoms with Gasteiger partial charge in [0.2, 0.25) is 11.9 Å². The number of nitriles is 1. The fourth-order valence-corrected chi connectivity index (χ4v) is 3.95. The molecule has 3 rings (SSSR count). The van der Waals surface area contributed by atoms with Crippen molar-refractivity contribution in [2.24, 2.45) is 4.99 Å². The number of fused-ring (bicyclic) bond motifs is 1. The number of halogens is 3. The Morgan fingerprint density at radius 1 is 1.20 bits per heavy atom. The normalized spacial score (nSPS) is 11.8. The minimum absolute atomic E-state index is 0.0166. The first kappa shape index (κ1) is 31.0. The third kappa shape index (κ3) is 10.2. The number of ether oxygens (including phenoxy) is 1. The van der Waals surface area contributed by atoms with Crippen molar-refractivity contribution in [3.63, 3.8) is 0 Å². The van der Waals surface area contributed by atoms with Gasteiger partial charge in [0.15, 0.2) is 6.19 Å². The summed E-state index contributed by atoms with van der Waals surface area (Å²) in [5, 5.41) is 23.6. The molecule has 1 atom stereocenters. The average Bonchev–Trinajstić information content (AvgIpc) is 2.95. The molecule has 5 N–H and O–H groups in total. The number of anilines is 1. The second-order valence-electron chi connectivity index (χ2n) is 8.74. The predicted molar refractivity (Wildman–Crippen MR) is 151 cm³/mol. The number of nitrogens with zero attached hydrogens (tertiary/aromatic N) is 3. The maximum Gasteiger partial charge on any atom is 0.412 e. The van der Waals surface area contributed by atoms with E-state index in [0.29, 0.717) is 41.7 Å². The van der Waals surface area contributed by atoms with E-state index in [1.165, 1.54) is 43.6 Å². The number of pyridine rings is 1. The van der Waals surface area contributed by atoms with Gasteiger partial charge in [-0.1, -0.05) is 23.7 Å². The van der Waals surface area contributed by atoms with Crippen LogP contribution in [0.25, 0.3) is 10.8 Å². The van der Waals surface area contributed by atoms with Crippen molar-refractivity contribution in [3.05, 3.63) is 70.9 Å². The summed E-state index contributed by atoms with van der Waals surface area (Å²) < 4.78 is 32.5. The molecule has 2 amide bonds. The lowest BCUT2D eigenvalue weighted by molar-refractivity contribution is -0.121. The van der Waals surface area contributed by atoms with Crippen LogP contribution in [0, 0.1) is 23.1 Å². The molecule has 0 spiro atoms. The fraction of sp³-hybridized carbons (Fsp3) is 0.296. The topological polar surface area (TPSA) is 153 Å². The summed E-state index contributed by atoms with van der Waals surface area (Å²) in [6, 6.07) is 9.60. The SMILES string of the molecule is CN=C(NC#N)NCCC[C@@H](COC(=O)Nc1cc2cc(F)ccc2cn1)NC(=O)CNCc1cccc(F)c1Cl. The van der Waals surface area contributed by atoms with Crippen LogP contribution in [-0.2, 0) is 16.1 Å². The van der Waals surface area contributed by atoms with Crippen molar-refractivity contribution < 1.29 is 23.1 Å². The Morgan fingerprint density at radius 2 is 2.02 bits per heavy atom. The van der Waals surface area contributed by atoms with Crippen molar-refractivity contribution >= 4 is 46.2 Å². The zero-order valence-corrected chi connectivity index (χ0v) is 22.9. The molecular weight excluding hydrogens is 558 g/mol. The van der Waals surface area contributed by atoms with Gasteiger partial charge in [0.25, 0.3) is 0 Å². The minimum atomic E-state index is -0.803. The number of carbonyl (C=O) groups excluding carboxylic acids is 2. The van der Waals surface area contributed by atoms with E-state index >= 15 is 0 Å². The van der Waals surface area contributed by atoms with Crippen LogP contribution in [0.3, 0.4) is 0 Å². The maximum absolute atomic E-state index is 13.6. The largest absolute Gasteiger partial charge is 0.447 e. The molecule has 0 aliphatic heterocycles. The van der Waals surface area contributed by atoms with E-state index < -0.39 is 23.8 Å². The number of hydrogen-bond donors (Lipinski definition) is 5. The monoisotopic (exact) mass is 586 g/mol. The first-order chi connectivity index (χ1) is 19.8. The summed E-state index contributed by atoms with van der Waals surface area (Å²) in [5.41, 5.74) is 0.506. The predicted octanol–water partition coefficient (Wildman–Crippen LogP) is 3.42. The molecule has 0 bridgehead atoms. The molecule has 0 unspecified atom stereocenters. The third-order valence-electron chi connectivity index (χ3n) is 5.75. The molecule has 0 aliphatic carbocycles. The van der Waals surface area contributed by atoms with E-state index in [0.717, 1.165) is 0 Å². The molecule has 0 aliphatic rings. The quantitative estimate of drug-likeness (QED) is 0.0712. The lowest BCUT2D eigenvalue weighted by Crippen LogP contribution is -2.43. The number of aromatic nitrogens is 1. The maximum atomic E-state index is 13.6. The average molecular weight is 587 g/mol. The Labute approximate surface area is 240 Å². The summed E-state index contributed by atoms with van der Waals surface area (Å²) in [6.07, 6.45) is 3.42. The lowest BCUT2D eigenvalue weighted by atomic mass is 10.1. The molecule has 2 aromatic carbocycles. The number of nitrogens with one attached hydrogen (secondary N) is 5. The highest BCUT2D eigenvalue weighted by Crippen LogP contribution is 2.19. The van der Waals surface area contributed by atoms with Gasteiger partial charge in [0, 0.05) is 31.7 Å². The van der Waals surface area contributed by atoms with Crippen LogP contribution < -0.4 is 26.6 Å². The Balaban J connectivity index is 1.53. The summed E-state index contributed by atoms with van der Waals surface area (Å²) in [4.78, 5) is 33.1.